The quantitative estimate of drug-likeness (QED) is 0.0714. The number of anilines is 1. The van der Waals surface area contributed by atoms with Crippen molar-refractivity contribution in [3.8, 4) is 5.75 Å². The molecule has 0 saturated carbocycles. The fourth-order valence-corrected chi connectivity index (χ4v) is 5.86. The van der Waals surface area contributed by atoms with Gasteiger partial charge in [0, 0.05) is 37.2 Å². The van der Waals surface area contributed by atoms with E-state index in [9.17, 15) is 27.9 Å². The first-order chi connectivity index (χ1) is 22.0. The lowest BCUT2D eigenvalue weighted by molar-refractivity contribution is -0.228. The number of β-lactam (4-membered cyclic amide) rings is 1. The summed E-state index contributed by atoms with van der Waals surface area (Å²) >= 11 is 0.989. The highest BCUT2D eigenvalue weighted by Gasteiger charge is 2.57. The first-order valence-corrected chi connectivity index (χ1v) is 16.7. The number of aromatic nitrogens is 1. The molecule has 19 heteroatoms. The van der Waals surface area contributed by atoms with Gasteiger partial charge in [0.05, 0.1) is 17.3 Å². The van der Waals surface area contributed by atoms with Gasteiger partial charge < -0.3 is 31.5 Å². The fourth-order valence-electron chi connectivity index (χ4n) is 4.86. The van der Waals surface area contributed by atoms with Gasteiger partial charge in [-0.3, -0.25) is 19.1 Å². The predicted octanol–water partition coefficient (Wildman–Crippen LogP) is 1.12. The van der Waals surface area contributed by atoms with Crippen molar-refractivity contribution in [1.29, 1.82) is 0 Å². The molecule has 0 aliphatic carbocycles. The molecule has 0 spiro atoms. The number of carbonyl (C=O) groups is 3. The molecule has 47 heavy (non-hydrogen) atoms. The van der Waals surface area contributed by atoms with Gasteiger partial charge in [0.25, 0.3) is 11.5 Å². The normalized spacial score (nSPS) is 20.8. The Morgan fingerprint density at radius 2 is 1.98 bits per heavy atom. The molecule has 3 atom stereocenters. The van der Waals surface area contributed by atoms with Crippen LogP contribution in [0.1, 0.15) is 57.2 Å². The van der Waals surface area contributed by atoms with Crippen LogP contribution >= 0.6 is 11.3 Å². The first-order valence-electron chi connectivity index (χ1n) is 14.5. The number of nitrogens with two attached hydrogens (primary N) is 2. The summed E-state index contributed by atoms with van der Waals surface area (Å²) in [4.78, 5) is 52.3. The van der Waals surface area contributed by atoms with Gasteiger partial charge in [-0.05, 0) is 51.4 Å². The van der Waals surface area contributed by atoms with Crippen LogP contribution in [0.5, 0.6) is 5.75 Å². The van der Waals surface area contributed by atoms with Gasteiger partial charge in [0.15, 0.2) is 16.6 Å². The van der Waals surface area contributed by atoms with Crippen LogP contribution in [0.2, 0.25) is 0 Å². The van der Waals surface area contributed by atoms with Crippen LogP contribution < -0.4 is 21.5 Å². The predicted molar refractivity (Wildman–Crippen MR) is 170 cm³/mol. The minimum Gasteiger partial charge on any atom is -0.489 e. The molecule has 2 aliphatic rings. The molecular weight excluding hydrogens is 658 g/mol. The summed E-state index contributed by atoms with van der Waals surface area (Å²) in [5.74, 6) is -2.70. The average molecular weight is 696 g/mol. The fraction of sp³-hybridized carbons (Fsp3) is 0.500. The topological polar surface area (TPSA) is 258 Å². The zero-order valence-electron chi connectivity index (χ0n) is 25.9. The number of amidine groups is 1. The molecule has 1 unspecified atom stereocenters. The number of aliphatic carboxylic acids is 1. The van der Waals surface area contributed by atoms with E-state index in [2.05, 4.69) is 24.7 Å². The minimum absolute atomic E-state index is 0.0228. The van der Waals surface area contributed by atoms with Crippen molar-refractivity contribution in [3.63, 3.8) is 0 Å². The monoisotopic (exact) mass is 695 g/mol. The number of hydrogen-bond acceptors (Lipinski definition) is 15. The van der Waals surface area contributed by atoms with Gasteiger partial charge in [0.2, 0.25) is 0 Å². The molecular formula is C28H37N7O10S2. The van der Waals surface area contributed by atoms with Crippen molar-refractivity contribution < 1.29 is 46.3 Å². The highest BCUT2D eigenvalue weighted by atomic mass is 32.3. The third kappa shape index (κ3) is 8.60. The molecule has 256 valence electrons. The van der Waals surface area contributed by atoms with Gasteiger partial charge in [-0.1, -0.05) is 17.3 Å². The Morgan fingerprint density at radius 1 is 1.28 bits per heavy atom. The Balaban J connectivity index is 1.44. The number of carboxylic acids is 1. The van der Waals surface area contributed by atoms with E-state index in [1.807, 2.05) is 12.1 Å². The van der Waals surface area contributed by atoms with Crippen molar-refractivity contribution in [2.75, 3.05) is 32.0 Å². The van der Waals surface area contributed by atoms with Crippen LogP contribution in [0.4, 0.5) is 5.13 Å². The Labute approximate surface area is 274 Å². The molecule has 1 aromatic heterocycles. The number of thiazole rings is 1. The number of hydroxylamine groups is 2. The first kappa shape index (κ1) is 35.7. The van der Waals surface area contributed by atoms with Crippen LogP contribution in [0.3, 0.4) is 0 Å². The molecule has 0 radical (unpaired) electrons. The molecule has 1 aromatic carbocycles. The van der Waals surface area contributed by atoms with Crippen LogP contribution in [-0.2, 0) is 33.9 Å². The lowest BCUT2D eigenvalue weighted by Crippen LogP contribution is -2.68. The number of rotatable bonds is 16. The number of oxime groups is 1. The van der Waals surface area contributed by atoms with E-state index >= 15 is 0 Å². The summed E-state index contributed by atoms with van der Waals surface area (Å²) in [6.07, 6.45) is 1.17. The Bertz CT molecular complexity index is 1660. The Kier molecular flexibility index (Phi) is 10.9. The number of carbonyl (C=O) groups excluding carboxylic acids is 2. The van der Waals surface area contributed by atoms with Crippen molar-refractivity contribution in [1.82, 2.24) is 15.4 Å². The van der Waals surface area contributed by atoms with Crippen LogP contribution in [-0.4, -0.2) is 94.7 Å². The lowest BCUT2D eigenvalue weighted by atomic mass is 9.74. The zero-order valence-corrected chi connectivity index (χ0v) is 27.5. The molecule has 2 aromatic rings. The summed E-state index contributed by atoms with van der Waals surface area (Å²) in [5.41, 5.74) is 8.51. The maximum atomic E-state index is 13.4. The van der Waals surface area contributed by atoms with Gasteiger partial charge in [0.1, 0.15) is 18.1 Å². The highest BCUT2D eigenvalue weighted by molar-refractivity contribution is 7.80. The largest absolute Gasteiger partial charge is 0.489 e. The molecule has 0 bridgehead atoms. The number of ether oxygens (including phenoxy) is 1. The van der Waals surface area contributed by atoms with E-state index in [1.165, 1.54) is 26.2 Å². The molecule has 4 rings (SSSR count). The van der Waals surface area contributed by atoms with Crippen molar-refractivity contribution >= 4 is 56.1 Å². The standard InChI is InChI=1S/C28H37N7O10S2/c1-27(2)19(24(37)35(27)45-47(40,41)42)11-21(36)23(20-14-46-26(30)33-20)34-44-28(3,25(38)39)15-43-18-8-6-16(7-9-18)17-12-31-22(32-13-17)5-4-10-29/h6-9,14,17,19H,4-5,10-13,15,29H2,1-3H3,(H2,30,33)(H,31,32)(H,38,39)(H,40,41,42)/b34-23-/t19-,28+/m1/s1. The zero-order chi connectivity index (χ0) is 34.6. The average Bonchev–Trinajstić information content (AvgIpc) is 3.46. The molecule has 7 N–H and O–H groups in total. The summed E-state index contributed by atoms with van der Waals surface area (Å²) in [6, 6.07) is 7.14. The SMILES string of the molecule is CC1(C)[C@H](CC(=O)/C(=N\O[C@@](C)(COc2ccc(C3CN=C(CCCN)NC3)cc2)C(=O)O)c2csc(N)n2)C(=O)N1OS(=O)(=O)O. The molecule has 2 aliphatic heterocycles. The number of nitrogens with zero attached hydrogens (tertiary/aromatic N) is 4. The van der Waals surface area contributed by atoms with Gasteiger partial charge in [-0.25, -0.2) is 9.78 Å². The number of nitrogens with one attached hydrogen (secondary N) is 1. The maximum Gasteiger partial charge on any atom is 0.418 e. The molecule has 1 saturated heterocycles. The van der Waals surface area contributed by atoms with Crippen molar-refractivity contribution in [3.05, 3.63) is 40.9 Å². The highest BCUT2D eigenvalue weighted by Crippen LogP contribution is 2.40. The van der Waals surface area contributed by atoms with Crippen molar-refractivity contribution in [2.45, 2.75) is 57.1 Å². The Hall–Kier alpha value is -4.17. The number of nitrogen functional groups attached to an aromatic ring is 1. The number of hydrogen-bond donors (Lipinski definition) is 5. The number of aliphatic imine (C=N–C) groups is 1. The van der Waals surface area contributed by atoms with E-state index in [0.29, 0.717) is 23.9 Å². The molecule has 1 amide bonds. The smallest absolute Gasteiger partial charge is 0.418 e. The summed E-state index contributed by atoms with van der Waals surface area (Å²) in [6.45, 7) is 5.52. The Morgan fingerprint density at radius 3 is 2.51 bits per heavy atom. The van der Waals surface area contributed by atoms with E-state index < -0.39 is 63.9 Å². The number of Topliss-reactive ketones (excluding diaryl/α,β-unsaturated/α-hetero) is 1. The summed E-state index contributed by atoms with van der Waals surface area (Å²) < 4.78 is 41.3. The lowest BCUT2D eigenvalue weighted by Gasteiger charge is -2.50. The number of amides is 1. The van der Waals surface area contributed by atoms with Gasteiger partial charge in [-0.2, -0.15) is 13.5 Å². The third-order valence-electron chi connectivity index (χ3n) is 7.79. The van der Waals surface area contributed by atoms with E-state index in [0.717, 1.165) is 42.1 Å². The van der Waals surface area contributed by atoms with E-state index in [-0.39, 0.29) is 16.7 Å². The second-order valence-electron chi connectivity index (χ2n) is 11.7. The van der Waals surface area contributed by atoms with Crippen LogP contribution in [0, 0.1) is 5.92 Å². The number of ketones is 1. The second kappa shape index (κ2) is 14.3. The molecule has 1 fully saturated rings. The maximum absolute atomic E-state index is 13.4. The second-order valence-corrected chi connectivity index (χ2v) is 13.6. The molecule has 17 nitrogen and oxygen atoms in total. The summed E-state index contributed by atoms with van der Waals surface area (Å²) in [5, 5.41) is 19.1. The van der Waals surface area contributed by atoms with Crippen molar-refractivity contribution in [2.24, 2.45) is 21.8 Å². The van der Waals surface area contributed by atoms with Gasteiger partial charge >= 0.3 is 16.4 Å². The minimum atomic E-state index is -4.99. The van der Waals surface area contributed by atoms with E-state index in [1.54, 1.807) is 12.1 Å². The van der Waals surface area contributed by atoms with Gasteiger partial charge in [-0.15, -0.1) is 15.6 Å². The number of benzene rings is 1. The van der Waals surface area contributed by atoms with Crippen LogP contribution in [0.15, 0.2) is 39.8 Å². The van der Waals surface area contributed by atoms with E-state index in [4.69, 9.17) is 25.6 Å². The summed E-state index contributed by atoms with van der Waals surface area (Å²) in [7, 11) is -4.99. The van der Waals surface area contributed by atoms with Crippen LogP contribution in [0.25, 0.3) is 0 Å². The third-order valence-corrected chi connectivity index (χ3v) is 8.80. The molecule has 3 heterocycles. The number of carboxylic acid groups (broad SMARTS) is 1.